The summed E-state index contributed by atoms with van der Waals surface area (Å²) < 4.78 is 32.8. The maximum absolute atomic E-state index is 12.7. The second kappa shape index (κ2) is 9.15. The van der Waals surface area contributed by atoms with Crippen LogP contribution in [0.2, 0.25) is 0 Å². The molecule has 0 bridgehead atoms. The molecule has 1 aromatic carbocycles. The maximum Gasteiger partial charge on any atom is 0.253 e. The molecule has 2 heterocycles. The van der Waals surface area contributed by atoms with E-state index < -0.39 is 15.9 Å². The summed E-state index contributed by atoms with van der Waals surface area (Å²) in [6.07, 6.45) is 5.36. The van der Waals surface area contributed by atoms with E-state index in [1.54, 1.807) is 0 Å². The third kappa shape index (κ3) is 5.04. The Morgan fingerprint density at radius 2 is 1.91 bits per heavy atom. The van der Waals surface area contributed by atoms with Gasteiger partial charge in [-0.3, -0.25) is 9.10 Å². The standard InChI is InChI=1S/C24H30N4O4S/c1-15-5-9-17(10-6-15)21-20(22(26)29)19-14-18(13-16-7-8-16)23(27-24(19)32-21)28(33(2,30)31)12-4-3-11-25/h5-6,9-10,14,16H,3-4,7-8,11-13,25H2,1-2H3,(H2,26,29). The third-order valence-electron chi connectivity index (χ3n) is 5.96. The van der Waals surface area contributed by atoms with Gasteiger partial charge in [-0.25, -0.2) is 8.42 Å². The van der Waals surface area contributed by atoms with Crippen LogP contribution in [0.25, 0.3) is 22.4 Å². The number of carbonyl (C=O) groups excluding carboxylic acids is 1. The number of primary amides is 1. The molecule has 0 aliphatic heterocycles. The Labute approximate surface area is 194 Å². The van der Waals surface area contributed by atoms with E-state index in [4.69, 9.17) is 15.9 Å². The van der Waals surface area contributed by atoms with Crippen molar-refractivity contribution < 1.29 is 17.6 Å². The molecule has 9 heteroatoms. The lowest BCUT2D eigenvalue weighted by molar-refractivity contribution is 0.100. The molecule has 1 saturated carbocycles. The average Bonchev–Trinajstić information content (AvgIpc) is 3.48. The van der Waals surface area contributed by atoms with E-state index >= 15 is 0 Å². The fraction of sp³-hybridized carbons (Fsp3) is 0.417. The molecule has 0 atom stereocenters. The van der Waals surface area contributed by atoms with Gasteiger partial charge in [-0.2, -0.15) is 4.98 Å². The lowest BCUT2D eigenvalue weighted by Crippen LogP contribution is -2.33. The van der Waals surface area contributed by atoms with Crippen LogP contribution in [0, 0.1) is 12.8 Å². The smallest absolute Gasteiger partial charge is 0.253 e. The van der Waals surface area contributed by atoms with Crippen LogP contribution in [0.1, 0.15) is 47.2 Å². The minimum Gasteiger partial charge on any atom is -0.437 e. The van der Waals surface area contributed by atoms with Crippen LogP contribution in [0.3, 0.4) is 0 Å². The number of aromatic nitrogens is 1. The van der Waals surface area contributed by atoms with Gasteiger partial charge in [0.15, 0.2) is 0 Å². The molecule has 1 aliphatic rings. The summed E-state index contributed by atoms with van der Waals surface area (Å²) in [5, 5.41) is 0.507. The molecule has 0 radical (unpaired) electrons. The van der Waals surface area contributed by atoms with Crippen molar-refractivity contribution in [1.82, 2.24) is 4.98 Å². The van der Waals surface area contributed by atoms with E-state index in [-0.39, 0.29) is 17.8 Å². The summed E-state index contributed by atoms with van der Waals surface area (Å²) in [4.78, 5) is 17.1. The van der Waals surface area contributed by atoms with Crippen molar-refractivity contribution in [2.45, 2.75) is 39.0 Å². The number of sulfonamides is 1. The molecule has 1 fully saturated rings. The Kier molecular flexibility index (Phi) is 6.45. The van der Waals surface area contributed by atoms with Crippen molar-refractivity contribution in [2.24, 2.45) is 17.4 Å². The molecule has 0 saturated heterocycles. The Hall–Kier alpha value is -2.91. The van der Waals surface area contributed by atoms with Crippen LogP contribution in [-0.2, 0) is 16.4 Å². The molecule has 176 valence electrons. The van der Waals surface area contributed by atoms with E-state index in [9.17, 15) is 13.2 Å². The normalized spacial score (nSPS) is 14.0. The zero-order valence-corrected chi connectivity index (χ0v) is 19.8. The van der Waals surface area contributed by atoms with Gasteiger partial charge in [0.05, 0.1) is 17.2 Å². The fourth-order valence-electron chi connectivity index (χ4n) is 4.04. The van der Waals surface area contributed by atoms with E-state index in [0.717, 1.165) is 24.0 Å². The molecule has 0 unspecified atom stereocenters. The summed E-state index contributed by atoms with van der Waals surface area (Å²) >= 11 is 0. The molecule has 0 spiro atoms. The number of nitrogens with zero attached hydrogens (tertiary/aromatic N) is 2. The average molecular weight is 471 g/mol. The van der Waals surface area contributed by atoms with Crippen molar-refractivity contribution in [2.75, 3.05) is 23.7 Å². The van der Waals surface area contributed by atoms with Gasteiger partial charge in [-0.15, -0.1) is 0 Å². The quantitative estimate of drug-likeness (QED) is 0.437. The molecule has 1 amide bonds. The van der Waals surface area contributed by atoms with Crippen molar-refractivity contribution in [3.63, 3.8) is 0 Å². The highest BCUT2D eigenvalue weighted by molar-refractivity contribution is 7.92. The highest BCUT2D eigenvalue weighted by Gasteiger charge is 2.30. The zero-order valence-electron chi connectivity index (χ0n) is 19.0. The zero-order chi connectivity index (χ0) is 23.8. The van der Waals surface area contributed by atoms with E-state index in [2.05, 4.69) is 4.98 Å². The largest absolute Gasteiger partial charge is 0.437 e. The first-order chi connectivity index (χ1) is 15.7. The molecule has 4 rings (SSSR count). The molecule has 2 aromatic heterocycles. The molecular formula is C24H30N4O4S. The minimum atomic E-state index is -3.58. The highest BCUT2D eigenvalue weighted by atomic mass is 32.2. The summed E-state index contributed by atoms with van der Waals surface area (Å²) in [6.45, 7) is 2.74. The number of aryl methyl sites for hydroxylation is 1. The van der Waals surface area contributed by atoms with Gasteiger partial charge in [-0.05, 0) is 63.1 Å². The second-order valence-electron chi connectivity index (χ2n) is 8.84. The van der Waals surface area contributed by atoms with Crippen molar-refractivity contribution in [3.05, 3.63) is 47.0 Å². The van der Waals surface area contributed by atoms with E-state index in [1.165, 1.54) is 10.6 Å². The second-order valence-corrected chi connectivity index (χ2v) is 10.7. The first kappa shape index (κ1) is 23.3. The lowest BCUT2D eigenvalue weighted by Gasteiger charge is -2.23. The number of hydrogen-bond donors (Lipinski definition) is 2. The first-order valence-electron chi connectivity index (χ1n) is 11.2. The number of anilines is 1. The molecular weight excluding hydrogens is 440 g/mol. The Morgan fingerprint density at radius 1 is 1.21 bits per heavy atom. The number of furan rings is 1. The highest BCUT2D eigenvalue weighted by Crippen LogP contribution is 2.39. The number of hydrogen-bond acceptors (Lipinski definition) is 6. The number of rotatable bonds is 10. The van der Waals surface area contributed by atoms with Crippen LogP contribution < -0.4 is 15.8 Å². The Morgan fingerprint density at radius 3 is 2.48 bits per heavy atom. The molecule has 8 nitrogen and oxygen atoms in total. The van der Waals surface area contributed by atoms with E-state index in [1.807, 2.05) is 37.3 Å². The monoisotopic (exact) mass is 470 g/mol. The fourth-order valence-corrected chi connectivity index (χ4v) is 4.97. The number of nitrogens with two attached hydrogens (primary N) is 2. The number of fused-ring (bicyclic) bond motifs is 1. The van der Waals surface area contributed by atoms with Crippen LogP contribution in [0.4, 0.5) is 5.82 Å². The van der Waals surface area contributed by atoms with Crippen molar-refractivity contribution in [3.8, 4) is 11.3 Å². The number of pyridine rings is 1. The molecule has 4 N–H and O–H groups in total. The lowest BCUT2D eigenvalue weighted by atomic mass is 10.0. The maximum atomic E-state index is 12.7. The topological polar surface area (TPSA) is 133 Å². The van der Waals surface area contributed by atoms with E-state index in [0.29, 0.717) is 54.3 Å². The Balaban J connectivity index is 1.91. The predicted molar refractivity (Wildman–Crippen MR) is 130 cm³/mol. The van der Waals surface area contributed by atoms with Crippen molar-refractivity contribution >= 4 is 32.8 Å². The minimum absolute atomic E-state index is 0.196. The van der Waals surface area contributed by atoms with Gasteiger partial charge in [-0.1, -0.05) is 29.8 Å². The molecule has 1 aliphatic carbocycles. The van der Waals surface area contributed by atoms with Gasteiger partial charge in [0, 0.05) is 12.1 Å². The van der Waals surface area contributed by atoms with Crippen LogP contribution in [-0.4, -0.2) is 38.7 Å². The first-order valence-corrected chi connectivity index (χ1v) is 13.0. The summed E-state index contributed by atoms with van der Waals surface area (Å²) in [5.74, 6) is 0.566. The molecule has 3 aromatic rings. The van der Waals surface area contributed by atoms with Crippen LogP contribution in [0.15, 0.2) is 34.7 Å². The van der Waals surface area contributed by atoms with Gasteiger partial charge in [0.1, 0.15) is 11.6 Å². The summed E-state index contributed by atoms with van der Waals surface area (Å²) in [7, 11) is -3.58. The van der Waals surface area contributed by atoms with Gasteiger partial charge < -0.3 is 15.9 Å². The Bertz CT molecular complexity index is 1280. The van der Waals surface area contributed by atoms with Crippen LogP contribution in [0.5, 0.6) is 0 Å². The number of carbonyl (C=O) groups is 1. The SMILES string of the molecule is Cc1ccc(-c2oc3nc(N(CCCCN)S(C)(=O)=O)c(CC4CC4)cc3c2C(N)=O)cc1. The van der Waals surface area contributed by atoms with Gasteiger partial charge >= 0.3 is 0 Å². The summed E-state index contributed by atoms with van der Waals surface area (Å²) in [5.41, 5.74) is 14.4. The number of benzene rings is 1. The van der Waals surface area contributed by atoms with Crippen LogP contribution >= 0.6 is 0 Å². The molecule has 33 heavy (non-hydrogen) atoms. The summed E-state index contributed by atoms with van der Waals surface area (Å²) in [6, 6.07) is 9.40. The third-order valence-corrected chi connectivity index (χ3v) is 7.11. The predicted octanol–water partition coefficient (Wildman–Crippen LogP) is 3.36. The number of amides is 1. The number of unbranched alkanes of at least 4 members (excludes halogenated alkanes) is 1. The van der Waals surface area contributed by atoms with Gasteiger partial charge in [0.25, 0.3) is 5.91 Å². The van der Waals surface area contributed by atoms with Crippen molar-refractivity contribution in [1.29, 1.82) is 0 Å². The van der Waals surface area contributed by atoms with Gasteiger partial charge in [0.2, 0.25) is 15.7 Å².